The van der Waals surface area contributed by atoms with Crippen LogP contribution in [0.4, 0.5) is 0 Å². The lowest BCUT2D eigenvalue weighted by atomic mass is 10.2. The van der Waals surface area contributed by atoms with Crippen molar-refractivity contribution in [3.8, 4) is 0 Å². The fourth-order valence-electron chi connectivity index (χ4n) is 1.60. The van der Waals surface area contributed by atoms with Crippen LogP contribution >= 0.6 is 0 Å². The van der Waals surface area contributed by atoms with E-state index in [0.29, 0.717) is 6.04 Å². The third-order valence-corrected chi connectivity index (χ3v) is 2.40. The molecule has 1 rings (SSSR count). The van der Waals surface area contributed by atoms with E-state index in [0.717, 1.165) is 32.5 Å². The zero-order valence-electron chi connectivity index (χ0n) is 8.12. The van der Waals surface area contributed by atoms with E-state index in [2.05, 4.69) is 5.32 Å². The molecule has 0 aromatic rings. The zero-order valence-corrected chi connectivity index (χ0v) is 8.12. The molecule has 1 fully saturated rings. The Morgan fingerprint density at radius 1 is 1.69 bits per heavy atom. The predicted octanol–water partition coefficient (Wildman–Crippen LogP) is -0.421. The number of aliphatic hydroxyl groups is 1. The first-order valence-electron chi connectivity index (χ1n) is 4.84. The van der Waals surface area contributed by atoms with Crippen LogP contribution in [0.2, 0.25) is 0 Å². The molecule has 1 aliphatic rings. The monoisotopic (exact) mass is 186 g/mol. The van der Waals surface area contributed by atoms with Crippen molar-refractivity contribution >= 4 is 5.91 Å². The maximum absolute atomic E-state index is 11.0. The molecule has 0 saturated carbocycles. The molecule has 1 saturated heterocycles. The van der Waals surface area contributed by atoms with Crippen LogP contribution in [-0.2, 0) is 4.79 Å². The molecular weight excluding hydrogens is 168 g/mol. The fourth-order valence-corrected chi connectivity index (χ4v) is 1.60. The van der Waals surface area contributed by atoms with Crippen LogP contribution in [0.3, 0.4) is 0 Å². The minimum absolute atomic E-state index is 0.159. The Labute approximate surface area is 78.9 Å². The van der Waals surface area contributed by atoms with Crippen LogP contribution in [0.1, 0.15) is 19.8 Å². The van der Waals surface area contributed by atoms with Crippen LogP contribution < -0.4 is 5.32 Å². The van der Waals surface area contributed by atoms with Gasteiger partial charge < -0.3 is 15.3 Å². The lowest BCUT2D eigenvalue weighted by Crippen LogP contribution is -2.34. The van der Waals surface area contributed by atoms with Crippen molar-refractivity contribution in [3.63, 3.8) is 0 Å². The Morgan fingerprint density at radius 3 is 3.00 bits per heavy atom. The molecule has 1 atom stereocenters. The van der Waals surface area contributed by atoms with Crippen LogP contribution in [0.5, 0.6) is 0 Å². The van der Waals surface area contributed by atoms with Crippen LogP contribution in [-0.4, -0.2) is 48.2 Å². The average molecular weight is 186 g/mol. The molecule has 1 unspecified atom stereocenters. The molecule has 4 nitrogen and oxygen atoms in total. The van der Waals surface area contributed by atoms with E-state index in [1.54, 1.807) is 6.92 Å². The number of likely N-dealkylation sites (tertiary alicyclic amines) is 1. The second kappa shape index (κ2) is 5.19. The Hall–Kier alpha value is -0.610. The first-order chi connectivity index (χ1) is 6.24. The number of carbonyl (C=O) groups excluding carboxylic acids is 1. The summed E-state index contributed by atoms with van der Waals surface area (Å²) >= 11 is 0. The third kappa shape index (κ3) is 3.32. The Morgan fingerprint density at radius 2 is 2.46 bits per heavy atom. The lowest BCUT2D eigenvalue weighted by molar-refractivity contribution is -0.127. The van der Waals surface area contributed by atoms with E-state index < -0.39 is 0 Å². The summed E-state index contributed by atoms with van der Waals surface area (Å²) in [4.78, 5) is 12.8. The quantitative estimate of drug-likeness (QED) is 0.586. The molecule has 0 aliphatic carbocycles. The van der Waals surface area contributed by atoms with E-state index in [4.69, 9.17) is 5.11 Å². The minimum Gasteiger partial charge on any atom is -0.396 e. The van der Waals surface area contributed by atoms with Crippen molar-refractivity contribution in [2.75, 3.05) is 26.2 Å². The number of nitrogens with zero attached hydrogens (tertiary/aromatic N) is 1. The van der Waals surface area contributed by atoms with Gasteiger partial charge in [-0.1, -0.05) is 0 Å². The highest BCUT2D eigenvalue weighted by molar-refractivity contribution is 5.73. The van der Waals surface area contributed by atoms with Crippen molar-refractivity contribution in [2.24, 2.45) is 0 Å². The van der Waals surface area contributed by atoms with Gasteiger partial charge in [0, 0.05) is 32.7 Å². The third-order valence-electron chi connectivity index (χ3n) is 2.40. The van der Waals surface area contributed by atoms with Crippen molar-refractivity contribution in [2.45, 2.75) is 25.8 Å². The molecule has 13 heavy (non-hydrogen) atoms. The van der Waals surface area contributed by atoms with Crippen molar-refractivity contribution < 1.29 is 9.90 Å². The molecule has 0 radical (unpaired) electrons. The number of amides is 1. The summed E-state index contributed by atoms with van der Waals surface area (Å²) in [5.74, 6) is 0.159. The predicted molar refractivity (Wildman–Crippen MR) is 50.4 cm³/mol. The maximum atomic E-state index is 11.0. The molecule has 0 aromatic heterocycles. The van der Waals surface area contributed by atoms with E-state index in [-0.39, 0.29) is 12.5 Å². The number of aliphatic hydroxyl groups excluding tert-OH is 1. The maximum Gasteiger partial charge on any atom is 0.219 e. The van der Waals surface area contributed by atoms with E-state index in [1.165, 1.54) is 0 Å². The molecule has 0 aromatic carbocycles. The molecule has 1 amide bonds. The van der Waals surface area contributed by atoms with Gasteiger partial charge in [0.1, 0.15) is 0 Å². The summed E-state index contributed by atoms with van der Waals surface area (Å²) in [7, 11) is 0. The second-order valence-corrected chi connectivity index (χ2v) is 3.48. The van der Waals surface area contributed by atoms with Gasteiger partial charge in [-0.15, -0.1) is 0 Å². The summed E-state index contributed by atoms with van der Waals surface area (Å²) in [5, 5.41) is 11.9. The molecule has 1 heterocycles. The molecule has 76 valence electrons. The van der Waals surface area contributed by atoms with Gasteiger partial charge in [-0.05, 0) is 19.4 Å². The zero-order chi connectivity index (χ0) is 9.68. The summed E-state index contributed by atoms with van der Waals surface area (Å²) < 4.78 is 0. The van der Waals surface area contributed by atoms with Gasteiger partial charge >= 0.3 is 0 Å². The Balaban J connectivity index is 2.14. The summed E-state index contributed by atoms with van der Waals surface area (Å²) in [6.45, 7) is 4.37. The molecule has 1 aliphatic heterocycles. The highest BCUT2D eigenvalue weighted by Crippen LogP contribution is 2.08. The van der Waals surface area contributed by atoms with E-state index in [9.17, 15) is 4.79 Å². The van der Waals surface area contributed by atoms with Crippen molar-refractivity contribution in [1.29, 1.82) is 0 Å². The summed E-state index contributed by atoms with van der Waals surface area (Å²) in [6, 6.07) is 0.426. The second-order valence-electron chi connectivity index (χ2n) is 3.48. The van der Waals surface area contributed by atoms with E-state index in [1.807, 2.05) is 4.90 Å². The number of rotatable bonds is 4. The Bertz CT molecular complexity index is 173. The first kappa shape index (κ1) is 10.5. The molecule has 2 N–H and O–H groups in total. The van der Waals surface area contributed by atoms with Gasteiger partial charge in [0.15, 0.2) is 0 Å². The Kier molecular flexibility index (Phi) is 4.18. The topological polar surface area (TPSA) is 52.6 Å². The number of hydrogen-bond donors (Lipinski definition) is 2. The van der Waals surface area contributed by atoms with Crippen molar-refractivity contribution in [3.05, 3.63) is 0 Å². The normalized spacial score (nSPS) is 22.3. The number of hydrogen-bond acceptors (Lipinski definition) is 3. The number of carbonyl (C=O) groups is 1. The van der Waals surface area contributed by atoms with Crippen LogP contribution in [0.25, 0.3) is 0 Å². The van der Waals surface area contributed by atoms with Gasteiger partial charge in [-0.25, -0.2) is 0 Å². The van der Waals surface area contributed by atoms with E-state index >= 15 is 0 Å². The largest absolute Gasteiger partial charge is 0.396 e. The number of nitrogens with one attached hydrogen (secondary N) is 1. The summed E-state index contributed by atoms with van der Waals surface area (Å²) in [5.41, 5.74) is 0. The van der Waals surface area contributed by atoms with Gasteiger partial charge in [0.25, 0.3) is 0 Å². The SMILES string of the molecule is CC(=O)N1CCC(NCCCO)C1. The minimum atomic E-state index is 0.159. The first-order valence-corrected chi connectivity index (χ1v) is 4.84. The van der Waals surface area contributed by atoms with Crippen LogP contribution in [0.15, 0.2) is 0 Å². The molecule has 4 heteroatoms. The van der Waals surface area contributed by atoms with Gasteiger partial charge in [0.05, 0.1) is 0 Å². The van der Waals surface area contributed by atoms with Crippen LogP contribution in [0, 0.1) is 0 Å². The standard InChI is InChI=1S/C9H18N2O2/c1-8(13)11-5-3-9(7-11)10-4-2-6-12/h9-10,12H,2-7H2,1H3. The molecule has 0 spiro atoms. The lowest BCUT2D eigenvalue weighted by Gasteiger charge is -2.14. The van der Waals surface area contributed by atoms with Gasteiger partial charge in [-0.3, -0.25) is 4.79 Å². The van der Waals surface area contributed by atoms with Crippen molar-refractivity contribution in [1.82, 2.24) is 10.2 Å². The molecular formula is C9H18N2O2. The van der Waals surface area contributed by atoms with Gasteiger partial charge in [-0.2, -0.15) is 0 Å². The summed E-state index contributed by atoms with van der Waals surface area (Å²) in [6.07, 6.45) is 1.82. The average Bonchev–Trinajstić information content (AvgIpc) is 2.53. The fraction of sp³-hybridized carbons (Fsp3) is 0.889. The smallest absolute Gasteiger partial charge is 0.219 e. The highest BCUT2D eigenvalue weighted by Gasteiger charge is 2.22. The molecule has 0 bridgehead atoms. The van der Waals surface area contributed by atoms with Gasteiger partial charge in [0.2, 0.25) is 5.91 Å². The highest BCUT2D eigenvalue weighted by atomic mass is 16.3.